The van der Waals surface area contributed by atoms with Gasteiger partial charge in [0, 0.05) is 5.69 Å². The van der Waals surface area contributed by atoms with Crippen LogP contribution in [-0.2, 0) is 9.59 Å². The Labute approximate surface area is 111 Å². The van der Waals surface area contributed by atoms with Crippen molar-refractivity contribution in [2.75, 3.05) is 5.32 Å². The molecule has 19 heavy (non-hydrogen) atoms. The molecule has 2 rings (SSSR count). The lowest BCUT2D eigenvalue weighted by atomic mass is 10.3. The van der Waals surface area contributed by atoms with E-state index in [0.29, 0.717) is 17.7 Å². The summed E-state index contributed by atoms with van der Waals surface area (Å²) in [4.78, 5) is 21.4. The van der Waals surface area contributed by atoms with Crippen LogP contribution in [-0.4, -0.2) is 12.2 Å². The van der Waals surface area contributed by atoms with Gasteiger partial charge in [-0.1, -0.05) is 18.2 Å². The Hall–Kier alpha value is -2.62. The van der Waals surface area contributed by atoms with E-state index in [9.17, 15) is 9.59 Å². The molecule has 0 atom stereocenters. The van der Waals surface area contributed by atoms with Crippen molar-refractivity contribution in [2.24, 2.45) is 0 Å². The molecule has 0 bridgehead atoms. The summed E-state index contributed by atoms with van der Waals surface area (Å²) in [7, 11) is 0. The van der Waals surface area contributed by atoms with Gasteiger partial charge in [0.25, 0.3) is 0 Å². The van der Waals surface area contributed by atoms with Gasteiger partial charge in [0.05, 0.1) is 6.42 Å². The fourth-order valence-electron chi connectivity index (χ4n) is 1.52. The highest BCUT2D eigenvalue weighted by molar-refractivity contribution is 5.97. The van der Waals surface area contributed by atoms with Gasteiger partial charge in [-0.15, -0.1) is 0 Å². The maximum atomic E-state index is 11.2. The smallest absolute Gasteiger partial charge is 0.231 e. The van der Waals surface area contributed by atoms with Gasteiger partial charge in [0.2, 0.25) is 5.91 Å². The van der Waals surface area contributed by atoms with Crippen molar-refractivity contribution in [3.63, 3.8) is 0 Å². The quantitative estimate of drug-likeness (QED) is 0.660. The van der Waals surface area contributed by atoms with Gasteiger partial charge in [-0.3, -0.25) is 4.79 Å². The second kappa shape index (κ2) is 6.35. The SMILES string of the molecule is O=CCC(=O)Nc1ccc(Oc2ccccc2)cc1. The lowest BCUT2D eigenvalue weighted by Gasteiger charge is -2.07. The maximum Gasteiger partial charge on any atom is 0.231 e. The molecular weight excluding hydrogens is 242 g/mol. The highest BCUT2D eigenvalue weighted by Gasteiger charge is 2.01. The first-order chi connectivity index (χ1) is 9.28. The average molecular weight is 255 g/mol. The number of anilines is 1. The molecule has 4 heteroatoms. The van der Waals surface area contributed by atoms with E-state index in [1.54, 1.807) is 24.3 Å². The van der Waals surface area contributed by atoms with Crippen LogP contribution in [0, 0.1) is 0 Å². The summed E-state index contributed by atoms with van der Waals surface area (Å²) < 4.78 is 5.62. The highest BCUT2D eigenvalue weighted by Crippen LogP contribution is 2.22. The minimum Gasteiger partial charge on any atom is -0.457 e. The molecular formula is C15H13NO3. The van der Waals surface area contributed by atoms with E-state index in [1.165, 1.54) is 0 Å². The third kappa shape index (κ3) is 3.96. The molecule has 0 unspecified atom stereocenters. The van der Waals surface area contributed by atoms with Gasteiger partial charge in [-0.2, -0.15) is 0 Å². The minimum atomic E-state index is -0.327. The van der Waals surface area contributed by atoms with E-state index in [-0.39, 0.29) is 12.3 Å². The number of rotatable bonds is 5. The lowest BCUT2D eigenvalue weighted by Crippen LogP contribution is -2.11. The summed E-state index contributed by atoms with van der Waals surface area (Å²) in [5.74, 6) is 1.10. The monoisotopic (exact) mass is 255 g/mol. The average Bonchev–Trinajstić information content (AvgIpc) is 2.42. The fourth-order valence-corrected chi connectivity index (χ4v) is 1.52. The zero-order valence-electron chi connectivity index (χ0n) is 10.2. The van der Waals surface area contributed by atoms with Crippen LogP contribution in [0.1, 0.15) is 6.42 Å². The van der Waals surface area contributed by atoms with E-state index < -0.39 is 0 Å². The summed E-state index contributed by atoms with van der Waals surface area (Å²) in [6.45, 7) is 0. The van der Waals surface area contributed by atoms with Crippen LogP contribution in [0.3, 0.4) is 0 Å². The number of ether oxygens (including phenoxy) is 1. The number of benzene rings is 2. The Balaban J connectivity index is 1.98. The van der Waals surface area contributed by atoms with Crippen LogP contribution in [0.25, 0.3) is 0 Å². The van der Waals surface area contributed by atoms with Crippen molar-refractivity contribution in [1.29, 1.82) is 0 Å². The zero-order valence-corrected chi connectivity index (χ0v) is 10.2. The number of nitrogens with one attached hydrogen (secondary N) is 1. The van der Waals surface area contributed by atoms with Gasteiger partial charge in [0.1, 0.15) is 17.8 Å². The van der Waals surface area contributed by atoms with Gasteiger partial charge in [-0.05, 0) is 36.4 Å². The van der Waals surface area contributed by atoms with Gasteiger partial charge in [0.15, 0.2) is 0 Å². The van der Waals surface area contributed by atoms with Crippen LogP contribution in [0.15, 0.2) is 54.6 Å². The van der Waals surface area contributed by atoms with Gasteiger partial charge >= 0.3 is 0 Å². The Kier molecular flexibility index (Phi) is 4.29. The van der Waals surface area contributed by atoms with Crippen molar-refractivity contribution in [3.8, 4) is 11.5 Å². The summed E-state index contributed by atoms with van der Waals surface area (Å²) in [6, 6.07) is 16.4. The molecule has 4 nitrogen and oxygen atoms in total. The van der Waals surface area contributed by atoms with E-state index in [0.717, 1.165) is 5.75 Å². The van der Waals surface area contributed by atoms with Crippen molar-refractivity contribution in [1.82, 2.24) is 0 Å². The predicted octanol–water partition coefficient (Wildman–Crippen LogP) is 3.01. The van der Waals surface area contributed by atoms with Crippen LogP contribution in [0.4, 0.5) is 5.69 Å². The third-order valence-corrected chi connectivity index (χ3v) is 2.39. The molecule has 0 saturated heterocycles. The molecule has 2 aromatic carbocycles. The first-order valence-electron chi connectivity index (χ1n) is 5.84. The Morgan fingerprint density at radius 2 is 1.63 bits per heavy atom. The molecule has 0 aliphatic carbocycles. The normalized spacial score (nSPS) is 9.68. The standard InChI is InChI=1S/C15H13NO3/c17-11-10-15(18)16-12-6-8-14(9-7-12)19-13-4-2-1-3-5-13/h1-9,11H,10H2,(H,16,18). The molecule has 0 heterocycles. The van der Waals surface area contributed by atoms with Crippen molar-refractivity contribution < 1.29 is 14.3 Å². The van der Waals surface area contributed by atoms with Crippen molar-refractivity contribution in [3.05, 3.63) is 54.6 Å². The topological polar surface area (TPSA) is 55.4 Å². The van der Waals surface area contributed by atoms with Crippen LogP contribution in [0.5, 0.6) is 11.5 Å². The second-order valence-electron chi connectivity index (χ2n) is 3.86. The van der Waals surface area contributed by atoms with E-state index in [2.05, 4.69) is 5.32 Å². The molecule has 0 radical (unpaired) electrons. The predicted molar refractivity (Wildman–Crippen MR) is 72.3 cm³/mol. The number of hydrogen-bond acceptors (Lipinski definition) is 3. The number of para-hydroxylation sites is 1. The molecule has 2 aromatic rings. The largest absolute Gasteiger partial charge is 0.457 e. The molecule has 0 aromatic heterocycles. The summed E-state index contributed by atoms with van der Waals surface area (Å²) in [6.07, 6.45) is 0.435. The Bertz CT molecular complexity index is 549. The Morgan fingerprint density at radius 3 is 2.26 bits per heavy atom. The maximum absolute atomic E-state index is 11.2. The molecule has 0 saturated carbocycles. The molecule has 0 aliphatic rings. The lowest BCUT2D eigenvalue weighted by molar-refractivity contribution is -0.119. The first kappa shape index (κ1) is 12.8. The summed E-state index contributed by atoms with van der Waals surface area (Å²) >= 11 is 0. The second-order valence-corrected chi connectivity index (χ2v) is 3.86. The van der Waals surface area contributed by atoms with Crippen LogP contribution < -0.4 is 10.1 Å². The number of carbonyl (C=O) groups is 2. The minimum absolute atomic E-state index is 0.137. The Morgan fingerprint density at radius 1 is 1.00 bits per heavy atom. The van der Waals surface area contributed by atoms with Crippen molar-refractivity contribution >= 4 is 17.9 Å². The zero-order chi connectivity index (χ0) is 13.5. The molecule has 1 N–H and O–H groups in total. The highest BCUT2D eigenvalue weighted by atomic mass is 16.5. The number of hydrogen-bond donors (Lipinski definition) is 1. The summed E-state index contributed by atoms with van der Waals surface area (Å²) in [5.41, 5.74) is 0.632. The van der Waals surface area contributed by atoms with E-state index in [1.807, 2.05) is 30.3 Å². The number of carbonyl (C=O) groups excluding carboxylic acids is 2. The van der Waals surface area contributed by atoms with Crippen LogP contribution >= 0.6 is 0 Å². The molecule has 0 fully saturated rings. The third-order valence-electron chi connectivity index (χ3n) is 2.39. The van der Waals surface area contributed by atoms with Gasteiger partial charge in [-0.25, -0.2) is 0 Å². The number of aldehydes is 1. The van der Waals surface area contributed by atoms with Gasteiger partial charge < -0.3 is 14.8 Å². The fraction of sp³-hybridized carbons (Fsp3) is 0.0667. The van der Waals surface area contributed by atoms with Crippen LogP contribution in [0.2, 0.25) is 0 Å². The summed E-state index contributed by atoms with van der Waals surface area (Å²) in [5, 5.41) is 2.61. The molecule has 0 aliphatic heterocycles. The number of amides is 1. The van der Waals surface area contributed by atoms with E-state index in [4.69, 9.17) is 4.74 Å². The van der Waals surface area contributed by atoms with Crippen molar-refractivity contribution in [2.45, 2.75) is 6.42 Å². The molecule has 1 amide bonds. The van der Waals surface area contributed by atoms with E-state index >= 15 is 0 Å². The molecule has 96 valence electrons. The molecule has 0 spiro atoms. The first-order valence-corrected chi connectivity index (χ1v) is 5.84.